The third-order valence-corrected chi connectivity index (χ3v) is 4.18. The number of nitro benzene ring substituents is 1. The topological polar surface area (TPSA) is 73.3 Å². The Morgan fingerprint density at radius 1 is 0.962 bits per heavy atom. The molecule has 0 saturated carbocycles. The van der Waals surface area contributed by atoms with Gasteiger partial charge in [-0.25, -0.2) is 0 Å². The molecule has 0 atom stereocenters. The normalized spacial score (nSPS) is 11.4. The van der Waals surface area contributed by atoms with Gasteiger partial charge in [0.15, 0.2) is 5.76 Å². The number of benzene rings is 3. The number of carbonyl (C=O) groups excluding carboxylic acids is 1. The molecule has 3 aromatic carbocycles. The second kappa shape index (κ2) is 6.29. The van der Waals surface area contributed by atoms with Crippen molar-refractivity contribution < 1.29 is 14.1 Å². The van der Waals surface area contributed by atoms with Gasteiger partial charge in [-0.05, 0) is 34.5 Å². The Hall–Kier alpha value is -3.73. The van der Waals surface area contributed by atoms with Crippen LogP contribution in [0.4, 0.5) is 5.69 Å². The maximum atomic E-state index is 12.4. The first-order valence-electron chi connectivity index (χ1n) is 8.00. The molecular formula is C21H13NO4. The Morgan fingerprint density at radius 3 is 2.65 bits per heavy atom. The molecule has 26 heavy (non-hydrogen) atoms. The van der Waals surface area contributed by atoms with Gasteiger partial charge in [-0.2, -0.15) is 0 Å². The third kappa shape index (κ3) is 2.86. The number of allylic oxidation sites excluding steroid dienone is 1. The van der Waals surface area contributed by atoms with Crippen LogP contribution in [0.2, 0.25) is 0 Å². The lowest BCUT2D eigenvalue weighted by Crippen LogP contribution is -1.91. The number of carbonyl (C=O) groups is 1. The van der Waals surface area contributed by atoms with Gasteiger partial charge in [0.05, 0.1) is 4.92 Å². The minimum Gasteiger partial charge on any atom is -0.453 e. The SMILES string of the molecule is O=C(/C=C/c1cccc([N+](=O)[O-])c1)c1cc2c(ccc3ccccc32)o1. The van der Waals surface area contributed by atoms with E-state index in [4.69, 9.17) is 4.42 Å². The van der Waals surface area contributed by atoms with Gasteiger partial charge in [0, 0.05) is 17.5 Å². The average molecular weight is 343 g/mol. The highest BCUT2D eigenvalue weighted by atomic mass is 16.6. The molecule has 0 amide bonds. The first kappa shape index (κ1) is 15.8. The predicted molar refractivity (Wildman–Crippen MR) is 100 cm³/mol. The minimum absolute atomic E-state index is 0.0187. The lowest BCUT2D eigenvalue weighted by Gasteiger charge is -1.96. The van der Waals surface area contributed by atoms with E-state index in [0.717, 1.165) is 16.2 Å². The van der Waals surface area contributed by atoms with Crippen LogP contribution in [0, 0.1) is 10.1 Å². The smallest absolute Gasteiger partial charge is 0.270 e. The lowest BCUT2D eigenvalue weighted by atomic mass is 10.1. The minimum atomic E-state index is -0.469. The van der Waals surface area contributed by atoms with E-state index in [-0.39, 0.29) is 17.2 Å². The van der Waals surface area contributed by atoms with Crippen LogP contribution in [-0.4, -0.2) is 10.7 Å². The van der Waals surface area contributed by atoms with E-state index < -0.39 is 4.92 Å². The number of non-ortho nitro benzene ring substituents is 1. The third-order valence-electron chi connectivity index (χ3n) is 4.18. The van der Waals surface area contributed by atoms with E-state index >= 15 is 0 Å². The molecule has 0 radical (unpaired) electrons. The molecule has 5 nitrogen and oxygen atoms in total. The molecule has 4 rings (SSSR count). The first-order chi connectivity index (χ1) is 12.6. The summed E-state index contributed by atoms with van der Waals surface area (Å²) in [5.74, 6) is -0.0604. The molecule has 0 unspecified atom stereocenters. The highest BCUT2D eigenvalue weighted by Crippen LogP contribution is 2.28. The Balaban J connectivity index is 1.67. The number of hydrogen-bond acceptors (Lipinski definition) is 4. The summed E-state index contributed by atoms with van der Waals surface area (Å²) in [5, 5.41) is 13.8. The molecule has 0 saturated heterocycles. The van der Waals surface area contributed by atoms with E-state index in [1.165, 1.54) is 18.2 Å². The van der Waals surface area contributed by atoms with Crippen LogP contribution >= 0.6 is 0 Å². The lowest BCUT2D eigenvalue weighted by molar-refractivity contribution is -0.384. The second-order valence-corrected chi connectivity index (χ2v) is 5.86. The Labute approximate surface area is 148 Å². The molecule has 1 heterocycles. The molecule has 0 aliphatic rings. The van der Waals surface area contributed by atoms with Crippen LogP contribution in [0.15, 0.2) is 77.2 Å². The van der Waals surface area contributed by atoms with Gasteiger partial charge in [-0.1, -0.05) is 48.5 Å². The Bertz CT molecular complexity index is 1190. The van der Waals surface area contributed by atoms with Crippen molar-refractivity contribution in [3.05, 3.63) is 94.2 Å². The molecule has 5 heteroatoms. The largest absolute Gasteiger partial charge is 0.453 e. The molecule has 0 spiro atoms. The highest BCUT2D eigenvalue weighted by molar-refractivity contribution is 6.11. The van der Waals surface area contributed by atoms with Crippen LogP contribution in [0.25, 0.3) is 27.8 Å². The fourth-order valence-corrected chi connectivity index (χ4v) is 2.91. The highest BCUT2D eigenvalue weighted by Gasteiger charge is 2.12. The fraction of sp³-hybridized carbons (Fsp3) is 0. The summed E-state index contributed by atoms with van der Waals surface area (Å²) in [6.45, 7) is 0. The number of fused-ring (bicyclic) bond motifs is 3. The van der Waals surface area contributed by atoms with Crippen LogP contribution in [0.1, 0.15) is 16.1 Å². The van der Waals surface area contributed by atoms with E-state index in [1.54, 1.807) is 24.3 Å². The number of nitro groups is 1. The van der Waals surface area contributed by atoms with Crippen LogP contribution in [0.5, 0.6) is 0 Å². The molecule has 126 valence electrons. The molecule has 0 fully saturated rings. The Morgan fingerprint density at radius 2 is 1.81 bits per heavy atom. The zero-order valence-corrected chi connectivity index (χ0v) is 13.6. The number of nitrogens with zero attached hydrogens (tertiary/aromatic N) is 1. The maximum absolute atomic E-state index is 12.4. The molecule has 0 bridgehead atoms. The number of furan rings is 1. The van der Waals surface area contributed by atoms with Crippen molar-refractivity contribution in [3.63, 3.8) is 0 Å². The molecular weight excluding hydrogens is 330 g/mol. The summed E-state index contributed by atoms with van der Waals surface area (Å²) < 4.78 is 5.68. The quantitative estimate of drug-likeness (QED) is 0.215. The average Bonchev–Trinajstić information content (AvgIpc) is 3.11. The van der Waals surface area contributed by atoms with Gasteiger partial charge in [-0.3, -0.25) is 14.9 Å². The van der Waals surface area contributed by atoms with Crippen molar-refractivity contribution in [2.24, 2.45) is 0 Å². The van der Waals surface area contributed by atoms with Crippen molar-refractivity contribution in [1.29, 1.82) is 0 Å². The van der Waals surface area contributed by atoms with E-state index in [1.807, 2.05) is 36.4 Å². The first-order valence-corrected chi connectivity index (χ1v) is 8.00. The zero-order chi connectivity index (χ0) is 18.1. The summed E-state index contributed by atoms with van der Waals surface area (Å²) in [6, 6.07) is 19.5. The number of hydrogen-bond donors (Lipinski definition) is 0. The molecule has 0 aliphatic heterocycles. The predicted octanol–water partition coefficient (Wildman–Crippen LogP) is 5.39. The van der Waals surface area contributed by atoms with Crippen molar-refractivity contribution in [2.45, 2.75) is 0 Å². The Kier molecular flexibility index (Phi) is 3.82. The van der Waals surface area contributed by atoms with Crippen molar-refractivity contribution in [3.8, 4) is 0 Å². The van der Waals surface area contributed by atoms with Crippen LogP contribution in [-0.2, 0) is 0 Å². The van der Waals surface area contributed by atoms with E-state index in [0.29, 0.717) is 11.1 Å². The van der Waals surface area contributed by atoms with Gasteiger partial charge < -0.3 is 4.42 Å². The summed E-state index contributed by atoms with van der Waals surface area (Å²) in [7, 11) is 0. The van der Waals surface area contributed by atoms with Gasteiger partial charge in [-0.15, -0.1) is 0 Å². The number of ketones is 1. The summed E-state index contributed by atoms with van der Waals surface area (Å²) >= 11 is 0. The maximum Gasteiger partial charge on any atom is 0.270 e. The summed E-state index contributed by atoms with van der Waals surface area (Å²) in [6.07, 6.45) is 2.90. The summed E-state index contributed by atoms with van der Waals surface area (Å²) in [5.41, 5.74) is 1.21. The fourth-order valence-electron chi connectivity index (χ4n) is 2.91. The van der Waals surface area contributed by atoms with E-state index in [9.17, 15) is 14.9 Å². The van der Waals surface area contributed by atoms with Gasteiger partial charge in [0.1, 0.15) is 5.58 Å². The molecule has 1 aromatic heterocycles. The van der Waals surface area contributed by atoms with E-state index in [2.05, 4.69) is 0 Å². The van der Waals surface area contributed by atoms with Gasteiger partial charge >= 0.3 is 0 Å². The zero-order valence-electron chi connectivity index (χ0n) is 13.6. The van der Waals surface area contributed by atoms with Crippen LogP contribution < -0.4 is 0 Å². The summed E-state index contributed by atoms with van der Waals surface area (Å²) in [4.78, 5) is 22.8. The van der Waals surface area contributed by atoms with Crippen molar-refractivity contribution in [1.82, 2.24) is 0 Å². The monoisotopic (exact) mass is 343 g/mol. The van der Waals surface area contributed by atoms with Crippen molar-refractivity contribution >= 4 is 39.3 Å². The standard InChI is InChI=1S/C21H13NO4/c23-19(10-8-14-4-3-6-16(12-14)22(24)25)21-13-18-17-7-2-1-5-15(17)9-11-20(18)26-21/h1-13H/b10-8+. The molecule has 0 N–H and O–H groups in total. The van der Waals surface area contributed by atoms with Crippen LogP contribution in [0.3, 0.4) is 0 Å². The molecule has 4 aromatic rings. The second-order valence-electron chi connectivity index (χ2n) is 5.86. The number of rotatable bonds is 4. The van der Waals surface area contributed by atoms with Crippen molar-refractivity contribution in [2.75, 3.05) is 0 Å². The molecule has 0 aliphatic carbocycles. The van der Waals surface area contributed by atoms with Gasteiger partial charge in [0.2, 0.25) is 5.78 Å². The van der Waals surface area contributed by atoms with Gasteiger partial charge in [0.25, 0.3) is 5.69 Å².